The Labute approximate surface area is 131 Å². The predicted molar refractivity (Wildman–Crippen MR) is 76.8 cm³/mol. The maximum atomic E-state index is 12.7. The number of hydrogen-bond acceptors (Lipinski definition) is 4. The van der Waals surface area contributed by atoms with Crippen molar-refractivity contribution in [3.63, 3.8) is 0 Å². The Balaban J connectivity index is 2.53. The van der Waals surface area contributed by atoms with Crippen molar-refractivity contribution in [3.8, 4) is 6.07 Å². The standard InChI is InChI=1S/C14H12F3N3O2S/c15-14(16,17)10-20(9-3-7-18)23(21,22)13-6-1-5-12-11(13)4-2-8-19-12/h1-2,4-6,8H,3,9-10H2. The largest absolute Gasteiger partial charge is 0.402 e. The number of hydrogen-bond donors (Lipinski definition) is 0. The van der Waals surface area contributed by atoms with E-state index in [1.807, 2.05) is 0 Å². The second-order valence-electron chi connectivity index (χ2n) is 4.69. The molecule has 1 aromatic heterocycles. The van der Waals surface area contributed by atoms with Crippen molar-refractivity contribution in [2.24, 2.45) is 0 Å². The quantitative estimate of drug-likeness (QED) is 0.837. The van der Waals surface area contributed by atoms with E-state index in [1.54, 1.807) is 12.1 Å². The topological polar surface area (TPSA) is 74.1 Å². The molecule has 2 rings (SSSR count). The van der Waals surface area contributed by atoms with Crippen LogP contribution in [0, 0.1) is 11.3 Å². The summed E-state index contributed by atoms with van der Waals surface area (Å²) in [5, 5.41) is 8.79. The minimum absolute atomic E-state index is 0.235. The Morgan fingerprint density at radius 2 is 1.96 bits per heavy atom. The van der Waals surface area contributed by atoms with E-state index < -0.39 is 29.3 Å². The van der Waals surface area contributed by atoms with Crippen molar-refractivity contribution in [2.45, 2.75) is 17.5 Å². The minimum Gasteiger partial charge on any atom is -0.256 e. The normalized spacial score (nSPS) is 12.5. The van der Waals surface area contributed by atoms with Crippen LogP contribution in [-0.2, 0) is 10.0 Å². The maximum absolute atomic E-state index is 12.7. The lowest BCUT2D eigenvalue weighted by atomic mass is 10.2. The lowest BCUT2D eigenvalue weighted by Crippen LogP contribution is -2.39. The van der Waals surface area contributed by atoms with Gasteiger partial charge >= 0.3 is 6.18 Å². The third-order valence-electron chi connectivity index (χ3n) is 3.05. The highest BCUT2D eigenvalue weighted by Gasteiger charge is 2.37. The van der Waals surface area contributed by atoms with E-state index in [4.69, 9.17) is 5.26 Å². The third-order valence-corrected chi connectivity index (χ3v) is 4.96. The number of benzene rings is 1. The Morgan fingerprint density at radius 1 is 1.22 bits per heavy atom. The number of nitrogens with zero attached hydrogens (tertiary/aromatic N) is 3. The van der Waals surface area contributed by atoms with Gasteiger partial charge in [0.15, 0.2) is 0 Å². The van der Waals surface area contributed by atoms with Gasteiger partial charge in [0.1, 0.15) is 6.54 Å². The van der Waals surface area contributed by atoms with Crippen LogP contribution in [0.1, 0.15) is 6.42 Å². The van der Waals surface area contributed by atoms with Crippen molar-refractivity contribution in [2.75, 3.05) is 13.1 Å². The van der Waals surface area contributed by atoms with Gasteiger partial charge < -0.3 is 0 Å². The van der Waals surface area contributed by atoms with Crippen LogP contribution in [0.2, 0.25) is 0 Å². The monoisotopic (exact) mass is 343 g/mol. The molecule has 0 aliphatic heterocycles. The van der Waals surface area contributed by atoms with E-state index in [-0.39, 0.29) is 21.0 Å². The Kier molecular flexibility index (Phi) is 4.87. The average molecular weight is 343 g/mol. The molecular formula is C14H12F3N3O2S. The highest BCUT2D eigenvalue weighted by molar-refractivity contribution is 7.89. The molecule has 1 heterocycles. The Bertz CT molecular complexity index is 839. The van der Waals surface area contributed by atoms with Crippen molar-refractivity contribution in [1.29, 1.82) is 5.26 Å². The summed E-state index contributed by atoms with van der Waals surface area (Å²) in [7, 11) is -4.41. The highest BCUT2D eigenvalue weighted by atomic mass is 32.2. The molecule has 0 fully saturated rings. The summed E-state index contributed by atoms with van der Waals surface area (Å²) < 4.78 is 63.6. The van der Waals surface area contributed by atoms with E-state index in [9.17, 15) is 21.6 Å². The Hall–Kier alpha value is -2.18. The smallest absolute Gasteiger partial charge is 0.256 e. The molecule has 122 valence electrons. The molecule has 5 nitrogen and oxygen atoms in total. The first-order valence-corrected chi connectivity index (χ1v) is 7.97. The predicted octanol–water partition coefficient (Wildman–Crippen LogP) is 2.70. The summed E-state index contributed by atoms with van der Waals surface area (Å²) in [6.45, 7) is -2.18. The SMILES string of the molecule is N#CCCN(CC(F)(F)F)S(=O)(=O)c1cccc2ncccc12. The third kappa shape index (κ3) is 3.97. The van der Waals surface area contributed by atoms with Crippen molar-refractivity contribution < 1.29 is 21.6 Å². The van der Waals surface area contributed by atoms with Gasteiger partial charge in [0.25, 0.3) is 0 Å². The van der Waals surface area contributed by atoms with E-state index in [2.05, 4.69) is 4.98 Å². The fraction of sp³-hybridized carbons (Fsp3) is 0.286. The van der Waals surface area contributed by atoms with Gasteiger partial charge in [-0.05, 0) is 24.3 Å². The van der Waals surface area contributed by atoms with Crippen LogP contribution in [0.15, 0.2) is 41.4 Å². The van der Waals surface area contributed by atoms with Crippen LogP contribution in [-0.4, -0.2) is 37.0 Å². The molecule has 2 aromatic rings. The first kappa shape index (κ1) is 17.2. The zero-order valence-electron chi connectivity index (χ0n) is 11.8. The molecule has 1 aromatic carbocycles. The van der Waals surface area contributed by atoms with Gasteiger partial charge in [0.05, 0.1) is 16.5 Å². The van der Waals surface area contributed by atoms with E-state index in [0.717, 1.165) is 0 Å². The maximum Gasteiger partial charge on any atom is 0.402 e. The van der Waals surface area contributed by atoms with E-state index in [0.29, 0.717) is 5.52 Å². The second kappa shape index (κ2) is 6.52. The summed E-state index contributed by atoms with van der Waals surface area (Å²) in [5.74, 6) is 0. The number of fused-ring (bicyclic) bond motifs is 1. The van der Waals surface area contributed by atoms with Gasteiger partial charge in [-0.1, -0.05) is 6.07 Å². The lowest BCUT2D eigenvalue weighted by molar-refractivity contribution is -0.136. The summed E-state index contributed by atoms with van der Waals surface area (Å²) in [5.41, 5.74) is 0.362. The van der Waals surface area contributed by atoms with E-state index >= 15 is 0 Å². The molecule has 0 aliphatic rings. The summed E-state index contributed by atoms with van der Waals surface area (Å²) in [4.78, 5) is 3.73. The zero-order chi connectivity index (χ0) is 17.1. The first-order chi connectivity index (χ1) is 10.8. The molecule has 0 aliphatic carbocycles. The van der Waals surface area contributed by atoms with Crippen LogP contribution < -0.4 is 0 Å². The van der Waals surface area contributed by atoms with Gasteiger partial charge in [-0.15, -0.1) is 0 Å². The number of halogens is 3. The fourth-order valence-electron chi connectivity index (χ4n) is 2.10. The second-order valence-corrected chi connectivity index (χ2v) is 6.59. The molecule has 0 bridgehead atoms. The molecule has 0 amide bonds. The highest BCUT2D eigenvalue weighted by Crippen LogP contribution is 2.27. The Morgan fingerprint density at radius 3 is 2.61 bits per heavy atom. The molecule has 0 saturated carbocycles. The molecule has 0 atom stereocenters. The number of alkyl halides is 3. The molecule has 0 saturated heterocycles. The molecule has 0 unspecified atom stereocenters. The van der Waals surface area contributed by atoms with Gasteiger partial charge in [-0.3, -0.25) is 4.98 Å². The number of pyridine rings is 1. The zero-order valence-corrected chi connectivity index (χ0v) is 12.6. The number of rotatable bonds is 5. The van der Waals surface area contributed by atoms with Crippen molar-refractivity contribution in [1.82, 2.24) is 9.29 Å². The molecule has 0 radical (unpaired) electrons. The number of aromatic nitrogens is 1. The molecule has 0 spiro atoms. The molecular weight excluding hydrogens is 331 g/mol. The molecule has 0 N–H and O–H groups in total. The average Bonchev–Trinajstić information content (AvgIpc) is 2.49. The molecule has 9 heteroatoms. The summed E-state index contributed by atoms with van der Waals surface area (Å²) >= 11 is 0. The van der Waals surface area contributed by atoms with Crippen LogP contribution in [0.5, 0.6) is 0 Å². The fourth-order valence-corrected chi connectivity index (χ4v) is 3.73. The summed E-state index contributed by atoms with van der Waals surface area (Å²) in [6.07, 6.45) is -3.58. The van der Waals surface area contributed by atoms with Gasteiger partial charge in [-0.25, -0.2) is 8.42 Å². The first-order valence-electron chi connectivity index (χ1n) is 6.53. The van der Waals surface area contributed by atoms with Crippen molar-refractivity contribution >= 4 is 20.9 Å². The van der Waals surface area contributed by atoms with Crippen LogP contribution in [0.3, 0.4) is 0 Å². The van der Waals surface area contributed by atoms with Gasteiger partial charge in [0, 0.05) is 24.5 Å². The van der Waals surface area contributed by atoms with Crippen LogP contribution in [0.25, 0.3) is 10.9 Å². The van der Waals surface area contributed by atoms with Crippen LogP contribution >= 0.6 is 0 Å². The molecule has 23 heavy (non-hydrogen) atoms. The van der Waals surface area contributed by atoms with Crippen molar-refractivity contribution in [3.05, 3.63) is 36.5 Å². The summed E-state index contributed by atoms with van der Waals surface area (Å²) in [6, 6.07) is 8.85. The number of nitriles is 1. The van der Waals surface area contributed by atoms with Gasteiger partial charge in [0.2, 0.25) is 10.0 Å². The van der Waals surface area contributed by atoms with Gasteiger partial charge in [-0.2, -0.15) is 22.7 Å². The van der Waals surface area contributed by atoms with E-state index in [1.165, 1.54) is 30.5 Å². The van der Waals surface area contributed by atoms with Crippen LogP contribution in [0.4, 0.5) is 13.2 Å². The lowest BCUT2D eigenvalue weighted by Gasteiger charge is -2.23. The number of sulfonamides is 1. The minimum atomic E-state index is -4.70.